The lowest BCUT2D eigenvalue weighted by atomic mass is 9.97. The van der Waals surface area contributed by atoms with Crippen LogP contribution in [0.15, 0.2) is 47.0 Å². The lowest BCUT2D eigenvalue weighted by molar-refractivity contribution is 0.0902. The fourth-order valence-corrected chi connectivity index (χ4v) is 4.73. The molecule has 0 atom stereocenters. The average molecular weight is 511 g/mol. The average Bonchev–Trinajstić information content (AvgIpc) is 3.33. The van der Waals surface area contributed by atoms with Crippen molar-refractivity contribution in [3.8, 4) is 11.3 Å². The molecule has 7 nitrogen and oxygen atoms in total. The van der Waals surface area contributed by atoms with Gasteiger partial charge in [-0.25, -0.2) is 4.39 Å². The molecule has 0 unspecified atom stereocenters. The predicted molar refractivity (Wildman–Crippen MR) is 142 cm³/mol. The number of amides is 2. The summed E-state index contributed by atoms with van der Waals surface area (Å²) < 4.78 is 19.6. The molecule has 2 N–H and O–H groups in total. The molecule has 3 aromatic rings. The highest BCUT2D eigenvalue weighted by atomic mass is 32.2. The number of hydrogen-bond acceptors (Lipinski definition) is 6. The first-order chi connectivity index (χ1) is 17.1. The van der Waals surface area contributed by atoms with Crippen LogP contribution >= 0.6 is 11.8 Å². The zero-order chi connectivity index (χ0) is 25.9. The van der Waals surface area contributed by atoms with Crippen molar-refractivity contribution in [2.24, 2.45) is 5.41 Å². The zero-order valence-corrected chi connectivity index (χ0v) is 21.8. The Labute approximate surface area is 214 Å². The molecule has 0 saturated carbocycles. The van der Waals surface area contributed by atoms with Crippen LogP contribution in [-0.2, 0) is 0 Å². The first-order valence-corrected chi connectivity index (χ1v) is 13.1. The molecule has 2 heterocycles. The van der Waals surface area contributed by atoms with Crippen molar-refractivity contribution in [3.63, 3.8) is 0 Å². The molecule has 36 heavy (non-hydrogen) atoms. The number of carbonyl (C=O) groups excluding carboxylic acids is 2. The topological polar surface area (TPSA) is 87.5 Å². The Balaban J connectivity index is 1.50. The van der Waals surface area contributed by atoms with Gasteiger partial charge in [-0.2, -0.15) is 11.8 Å². The van der Waals surface area contributed by atoms with Crippen LogP contribution in [0.4, 0.5) is 15.8 Å². The first-order valence-electron chi connectivity index (χ1n) is 11.9. The minimum atomic E-state index is -0.444. The number of nitrogens with zero attached hydrogens (tertiary/aromatic N) is 2. The monoisotopic (exact) mass is 510 g/mol. The summed E-state index contributed by atoms with van der Waals surface area (Å²) in [5.74, 6) is 0.893. The fraction of sp³-hybridized carbons (Fsp3) is 0.370. The van der Waals surface area contributed by atoms with Gasteiger partial charge in [0.15, 0.2) is 0 Å². The number of aromatic nitrogens is 1. The number of nitrogens with one attached hydrogen (secondary N) is 2. The third-order valence-electron chi connectivity index (χ3n) is 5.81. The summed E-state index contributed by atoms with van der Waals surface area (Å²) in [6.07, 6.45) is 0. The van der Waals surface area contributed by atoms with Gasteiger partial charge in [0.2, 0.25) is 5.76 Å². The van der Waals surface area contributed by atoms with Crippen molar-refractivity contribution in [2.75, 3.05) is 41.4 Å². The number of benzene rings is 2. The van der Waals surface area contributed by atoms with Crippen LogP contribution < -0.4 is 15.5 Å². The molecule has 190 valence electrons. The number of hydrogen-bond donors (Lipinski definition) is 2. The molecular weight excluding hydrogens is 479 g/mol. The van der Waals surface area contributed by atoms with Crippen LogP contribution in [0, 0.1) is 18.2 Å². The summed E-state index contributed by atoms with van der Waals surface area (Å²) in [5, 5.41) is 9.76. The molecule has 0 aliphatic carbocycles. The quantitative estimate of drug-likeness (QED) is 0.464. The number of halogens is 1. The van der Waals surface area contributed by atoms with E-state index in [1.165, 1.54) is 12.1 Å². The van der Waals surface area contributed by atoms with Gasteiger partial charge in [0.25, 0.3) is 11.8 Å². The smallest absolute Gasteiger partial charge is 0.289 e. The van der Waals surface area contributed by atoms with Gasteiger partial charge in [-0.15, -0.1) is 0 Å². The number of rotatable bonds is 6. The highest BCUT2D eigenvalue weighted by Crippen LogP contribution is 2.28. The summed E-state index contributed by atoms with van der Waals surface area (Å²) in [4.78, 5) is 27.5. The Kier molecular flexibility index (Phi) is 7.68. The maximum Gasteiger partial charge on any atom is 0.289 e. The van der Waals surface area contributed by atoms with Gasteiger partial charge in [-0.3, -0.25) is 9.59 Å². The van der Waals surface area contributed by atoms with Gasteiger partial charge in [0.1, 0.15) is 11.5 Å². The molecule has 1 aliphatic rings. The van der Waals surface area contributed by atoms with E-state index in [-0.39, 0.29) is 22.6 Å². The van der Waals surface area contributed by atoms with Crippen LogP contribution in [0.5, 0.6) is 0 Å². The highest BCUT2D eigenvalue weighted by Gasteiger charge is 2.19. The summed E-state index contributed by atoms with van der Waals surface area (Å²) in [6.45, 7) is 10.1. The van der Waals surface area contributed by atoms with E-state index in [9.17, 15) is 14.0 Å². The maximum absolute atomic E-state index is 14.3. The molecule has 1 saturated heterocycles. The third kappa shape index (κ3) is 6.46. The van der Waals surface area contributed by atoms with E-state index in [1.807, 2.05) is 45.5 Å². The van der Waals surface area contributed by atoms with Gasteiger partial charge in [-0.1, -0.05) is 32.0 Å². The molecule has 0 radical (unpaired) electrons. The summed E-state index contributed by atoms with van der Waals surface area (Å²) >= 11 is 1.87. The second-order valence-electron chi connectivity index (χ2n) is 10.1. The lowest BCUT2D eigenvalue weighted by Gasteiger charge is -2.28. The summed E-state index contributed by atoms with van der Waals surface area (Å²) in [5.41, 5.74) is 3.55. The number of carbonyl (C=O) groups is 2. The maximum atomic E-state index is 14.3. The van der Waals surface area contributed by atoms with Crippen molar-refractivity contribution in [2.45, 2.75) is 27.7 Å². The van der Waals surface area contributed by atoms with E-state index in [0.717, 1.165) is 35.7 Å². The Morgan fingerprint density at radius 1 is 1.08 bits per heavy atom. The van der Waals surface area contributed by atoms with Crippen LogP contribution in [0.2, 0.25) is 0 Å². The lowest BCUT2D eigenvalue weighted by Crippen LogP contribution is -2.32. The minimum absolute atomic E-state index is 0.0586. The highest BCUT2D eigenvalue weighted by molar-refractivity contribution is 7.99. The van der Waals surface area contributed by atoms with E-state index < -0.39 is 11.7 Å². The second-order valence-corrected chi connectivity index (χ2v) is 11.3. The van der Waals surface area contributed by atoms with Crippen molar-refractivity contribution in [1.82, 2.24) is 10.5 Å². The summed E-state index contributed by atoms with van der Waals surface area (Å²) in [7, 11) is 0. The first kappa shape index (κ1) is 25.8. The number of anilines is 2. The Morgan fingerprint density at radius 2 is 1.83 bits per heavy atom. The van der Waals surface area contributed by atoms with Crippen LogP contribution in [-0.4, -0.2) is 48.1 Å². The van der Waals surface area contributed by atoms with E-state index in [1.54, 1.807) is 24.3 Å². The standard InChI is InChI=1S/C27H31FN4O3S/c1-17-5-6-20(14-22(17)23-15-24(35-31-23)26(34)29-16-27(2,3)4)30-25(33)18-11-19(28)13-21(12-18)32-7-9-36-10-8-32/h5-6,11-15H,7-10,16H2,1-4H3,(H,29,34)(H,30,33). The van der Waals surface area contributed by atoms with Crippen LogP contribution in [0.25, 0.3) is 11.3 Å². The molecule has 2 aromatic carbocycles. The molecule has 1 aromatic heterocycles. The Bertz CT molecular complexity index is 1260. The van der Waals surface area contributed by atoms with Crippen molar-refractivity contribution < 1.29 is 18.5 Å². The van der Waals surface area contributed by atoms with Gasteiger partial charge in [-0.05, 0) is 48.2 Å². The fourth-order valence-electron chi connectivity index (χ4n) is 3.83. The van der Waals surface area contributed by atoms with Crippen LogP contribution in [0.1, 0.15) is 47.2 Å². The molecule has 1 aliphatic heterocycles. The van der Waals surface area contributed by atoms with E-state index in [2.05, 4.69) is 20.7 Å². The molecule has 0 bridgehead atoms. The number of aryl methyl sites for hydroxylation is 1. The largest absolute Gasteiger partial charge is 0.370 e. The summed E-state index contributed by atoms with van der Waals surface area (Å²) in [6, 6.07) is 11.4. The van der Waals surface area contributed by atoms with E-state index in [0.29, 0.717) is 23.6 Å². The molecule has 1 fully saturated rings. The molecule has 9 heteroatoms. The van der Waals surface area contributed by atoms with Crippen molar-refractivity contribution >= 4 is 35.0 Å². The Morgan fingerprint density at radius 3 is 2.56 bits per heavy atom. The van der Waals surface area contributed by atoms with E-state index >= 15 is 0 Å². The molecule has 4 rings (SSSR count). The van der Waals surface area contributed by atoms with Crippen molar-refractivity contribution in [1.29, 1.82) is 0 Å². The second kappa shape index (κ2) is 10.7. The Hall–Kier alpha value is -3.33. The SMILES string of the molecule is Cc1ccc(NC(=O)c2cc(F)cc(N3CCSCC3)c2)cc1-c1cc(C(=O)NCC(C)(C)C)on1. The zero-order valence-electron chi connectivity index (χ0n) is 21.0. The van der Waals surface area contributed by atoms with Gasteiger partial charge in [0, 0.05) is 59.7 Å². The molecule has 0 spiro atoms. The normalized spacial score (nSPS) is 14.0. The van der Waals surface area contributed by atoms with Gasteiger partial charge in [0.05, 0.1) is 0 Å². The van der Waals surface area contributed by atoms with Gasteiger partial charge < -0.3 is 20.1 Å². The van der Waals surface area contributed by atoms with E-state index in [4.69, 9.17) is 4.52 Å². The number of thioether (sulfide) groups is 1. The van der Waals surface area contributed by atoms with Gasteiger partial charge >= 0.3 is 0 Å². The van der Waals surface area contributed by atoms with Crippen molar-refractivity contribution in [3.05, 3.63) is 65.2 Å². The molecular formula is C27H31FN4O3S. The minimum Gasteiger partial charge on any atom is -0.370 e. The van der Waals surface area contributed by atoms with Crippen LogP contribution in [0.3, 0.4) is 0 Å². The predicted octanol–water partition coefficient (Wildman–Crippen LogP) is 5.37. The molecule has 2 amide bonds. The third-order valence-corrected chi connectivity index (χ3v) is 6.75.